The van der Waals surface area contributed by atoms with Crippen LogP contribution in [-0.4, -0.2) is 20.2 Å². The van der Waals surface area contributed by atoms with Gasteiger partial charge in [-0.25, -0.2) is 0 Å². The SMILES string of the molecule is CCCCCC1Nc2nnnn2-c2ccccc21. The van der Waals surface area contributed by atoms with Gasteiger partial charge in [-0.3, -0.25) is 0 Å². The van der Waals surface area contributed by atoms with Crippen LogP contribution in [0.25, 0.3) is 5.69 Å². The Labute approximate surface area is 106 Å². The molecular weight excluding hydrogens is 226 g/mol. The van der Waals surface area contributed by atoms with E-state index in [0.717, 1.165) is 18.1 Å². The number of anilines is 1. The van der Waals surface area contributed by atoms with E-state index in [0.29, 0.717) is 6.04 Å². The van der Waals surface area contributed by atoms with E-state index in [1.165, 1.54) is 24.8 Å². The van der Waals surface area contributed by atoms with Crippen LogP contribution < -0.4 is 5.32 Å². The quantitative estimate of drug-likeness (QED) is 0.839. The van der Waals surface area contributed by atoms with Crippen LogP contribution in [0.15, 0.2) is 24.3 Å². The minimum absolute atomic E-state index is 0.325. The Morgan fingerprint density at radius 3 is 3.06 bits per heavy atom. The van der Waals surface area contributed by atoms with E-state index >= 15 is 0 Å². The van der Waals surface area contributed by atoms with Crippen molar-refractivity contribution in [3.63, 3.8) is 0 Å². The van der Waals surface area contributed by atoms with E-state index in [1.54, 1.807) is 4.68 Å². The predicted octanol–water partition coefficient (Wildman–Crippen LogP) is 2.71. The van der Waals surface area contributed by atoms with E-state index < -0.39 is 0 Å². The molecule has 1 unspecified atom stereocenters. The number of aromatic nitrogens is 4. The average Bonchev–Trinajstić information content (AvgIpc) is 2.87. The molecule has 0 spiro atoms. The second-order valence-electron chi connectivity index (χ2n) is 4.67. The van der Waals surface area contributed by atoms with Crippen molar-refractivity contribution in [2.45, 2.75) is 38.6 Å². The number of tetrazole rings is 1. The third kappa shape index (κ3) is 1.85. The van der Waals surface area contributed by atoms with Gasteiger partial charge in [0, 0.05) is 5.56 Å². The van der Waals surface area contributed by atoms with Crippen molar-refractivity contribution in [3.8, 4) is 5.69 Å². The topological polar surface area (TPSA) is 55.6 Å². The average molecular weight is 243 g/mol. The molecule has 1 aliphatic rings. The highest BCUT2D eigenvalue weighted by atomic mass is 15.6. The maximum Gasteiger partial charge on any atom is 0.248 e. The Morgan fingerprint density at radius 1 is 1.28 bits per heavy atom. The van der Waals surface area contributed by atoms with Crippen molar-refractivity contribution in [2.24, 2.45) is 0 Å². The van der Waals surface area contributed by atoms with Gasteiger partial charge in [-0.2, -0.15) is 4.68 Å². The second kappa shape index (κ2) is 4.76. The molecule has 0 amide bonds. The molecule has 0 saturated carbocycles. The number of hydrogen-bond acceptors (Lipinski definition) is 4. The van der Waals surface area contributed by atoms with Gasteiger partial charge in [0.1, 0.15) is 0 Å². The molecule has 94 valence electrons. The van der Waals surface area contributed by atoms with Crippen LogP contribution in [0.2, 0.25) is 0 Å². The van der Waals surface area contributed by atoms with Crippen LogP contribution in [0.3, 0.4) is 0 Å². The van der Waals surface area contributed by atoms with Crippen LogP contribution >= 0.6 is 0 Å². The third-order valence-corrected chi connectivity index (χ3v) is 3.41. The van der Waals surface area contributed by atoms with Gasteiger partial charge in [0.15, 0.2) is 0 Å². The normalized spacial score (nSPS) is 16.8. The maximum absolute atomic E-state index is 4.02. The molecule has 1 aromatic heterocycles. The van der Waals surface area contributed by atoms with Crippen molar-refractivity contribution in [3.05, 3.63) is 29.8 Å². The van der Waals surface area contributed by atoms with Crippen LogP contribution in [-0.2, 0) is 0 Å². The van der Waals surface area contributed by atoms with Crippen molar-refractivity contribution < 1.29 is 0 Å². The van der Waals surface area contributed by atoms with Crippen LogP contribution in [0.1, 0.15) is 44.2 Å². The molecule has 0 radical (unpaired) electrons. The van der Waals surface area contributed by atoms with E-state index in [9.17, 15) is 0 Å². The summed E-state index contributed by atoms with van der Waals surface area (Å²) in [6.07, 6.45) is 4.86. The molecule has 3 rings (SSSR count). The summed E-state index contributed by atoms with van der Waals surface area (Å²) in [5.74, 6) is 0.746. The summed E-state index contributed by atoms with van der Waals surface area (Å²) >= 11 is 0. The Hall–Kier alpha value is -1.91. The van der Waals surface area contributed by atoms with Gasteiger partial charge in [-0.15, -0.1) is 0 Å². The van der Waals surface area contributed by atoms with Crippen molar-refractivity contribution >= 4 is 5.95 Å². The molecule has 1 atom stereocenters. The molecule has 1 aromatic carbocycles. The lowest BCUT2D eigenvalue weighted by molar-refractivity contribution is 0.587. The molecule has 1 N–H and O–H groups in total. The number of hydrogen-bond donors (Lipinski definition) is 1. The van der Waals surface area contributed by atoms with Gasteiger partial charge in [0.25, 0.3) is 0 Å². The molecule has 2 heterocycles. The van der Waals surface area contributed by atoms with Crippen LogP contribution in [0.4, 0.5) is 5.95 Å². The molecule has 5 heteroatoms. The highest BCUT2D eigenvalue weighted by molar-refractivity contribution is 5.52. The Bertz CT molecular complexity index is 534. The lowest BCUT2D eigenvalue weighted by Gasteiger charge is -2.26. The monoisotopic (exact) mass is 243 g/mol. The highest BCUT2D eigenvalue weighted by Crippen LogP contribution is 2.33. The molecule has 0 aliphatic carbocycles. The van der Waals surface area contributed by atoms with Crippen molar-refractivity contribution in [2.75, 3.05) is 5.32 Å². The van der Waals surface area contributed by atoms with Gasteiger partial charge < -0.3 is 5.32 Å². The number of rotatable bonds is 4. The summed E-state index contributed by atoms with van der Waals surface area (Å²) in [7, 11) is 0. The Balaban J connectivity index is 1.91. The molecule has 2 aromatic rings. The first-order chi connectivity index (χ1) is 8.90. The minimum Gasteiger partial charge on any atom is -0.346 e. The molecule has 1 aliphatic heterocycles. The van der Waals surface area contributed by atoms with Crippen molar-refractivity contribution in [1.29, 1.82) is 0 Å². The Morgan fingerprint density at radius 2 is 2.17 bits per heavy atom. The number of unbranched alkanes of at least 4 members (excludes halogenated alkanes) is 2. The first-order valence-electron chi connectivity index (χ1n) is 6.54. The predicted molar refractivity (Wildman–Crippen MR) is 69.7 cm³/mol. The summed E-state index contributed by atoms with van der Waals surface area (Å²) in [6.45, 7) is 2.22. The molecule has 18 heavy (non-hydrogen) atoms. The van der Waals surface area contributed by atoms with Gasteiger partial charge >= 0.3 is 0 Å². The fraction of sp³-hybridized carbons (Fsp3) is 0.462. The minimum atomic E-state index is 0.325. The Kier molecular flexibility index (Phi) is 2.96. The van der Waals surface area contributed by atoms with E-state index in [4.69, 9.17) is 0 Å². The van der Waals surface area contributed by atoms with E-state index in [-0.39, 0.29) is 0 Å². The molecule has 0 saturated heterocycles. The summed E-state index contributed by atoms with van der Waals surface area (Å²) in [4.78, 5) is 0. The molecule has 5 nitrogen and oxygen atoms in total. The fourth-order valence-electron chi connectivity index (χ4n) is 2.47. The standard InChI is InChI=1S/C13H17N5/c1-2-3-4-8-11-10-7-5-6-9-12(10)18-13(14-11)15-16-17-18/h5-7,9,11H,2-4,8H2,1H3,(H,14,15,17). The number of nitrogens with one attached hydrogen (secondary N) is 1. The van der Waals surface area contributed by atoms with Gasteiger partial charge in [-0.05, 0) is 22.9 Å². The zero-order valence-electron chi connectivity index (χ0n) is 10.5. The zero-order valence-corrected chi connectivity index (χ0v) is 10.5. The summed E-state index contributed by atoms with van der Waals surface area (Å²) < 4.78 is 1.77. The first-order valence-corrected chi connectivity index (χ1v) is 6.54. The van der Waals surface area contributed by atoms with Gasteiger partial charge in [0.2, 0.25) is 5.95 Å². The molecular formula is C13H17N5. The maximum atomic E-state index is 4.02. The van der Waals surface area contributed by atoms with Gasteiger partial charge in [0.05, 0.1) is 11.7 Å². The van der Waals surface area contributed by atoms with E-state index in [1.807, 2.05) is 6.07 Å². The summed E-state index contributed by atoms with van der Waals surface area (Å²) in [5.41, 5.74) is 2.38. The number of para-hydroxylation sites is 1. The lowest BCUT2D eigenvalue weighted by atomic mass is 9.97. The van der Waals surface area contributed by atoms with Crippen LogP contribution in [0.5, 0.6) is 0 Å². The molecule has 0 fully saturated rings. The highest BCUT2D eigenvalue weighted by Gasteiger charge is 2.25. The van der Waals surface area contributed by atoms with Gasteiger partial charge in [-0.1, -0.05) is 49.5 Å². The van der Waals surface area contributed by atoms with Crippen LogP contribution in [0, 0.1) is 0 Å². The fourth-order valence-corrected chi connectivity index (χ4v) is 2.47. The second-order valence-corrected chi connectivity index (χ2v) is 4.67. The van der Waals surface area contributed by atoms with E-state index in [2.05, 4.69) is 46.0 Å². The smallest absolute Gasteiger partial charge is 0.248 e. The summed E-state index contributed by atoms with van der Waals surface area (Å²) in [6, 6.07) is 8.65. The third-order valence-electron chi connectivity index (χ3n) is 3.41. The largest absolute Gasteiger partial charge is 0.346 e. The number of fused-ring (bicyclic) bond motifs is 3. The van der Waals surface area contributed by atoms with Crippen molar-refractivity contribution in [1.82, 2.24) is 20.2 Å². The summed E-state index contributed by atoms with van der Waals surface area (Å²) in [5, 5.41) is 15.2. The number of benzene rings is 1. The molecule has 0 bridgehead atoms. The number of nitrogens with zero attached hydrogens (tertiary/aromatic N) is 4. The lowest BCUT2D eigenvalue weighted by Crippen LogP contribution is -2.22. The zero-order chi connectivity index (χ0) is 12.4. The first kappa shape index (κ1) is 11.2.